The number of hydrogen-bond donors (Lipinski definition) is 1. The first-order valence-corrected chi connectivity index (χ1v) is 50.0. The first-order valence-electron chi connectivity index (χ1n) is 50.0. The minimum absolute atomic E-state index is 0. The summed E-state index contributed by atoms with van der Waals surface area (Å²) >= 11 is 0. The zero-order valence-corrected chi connectivity index (χ0v) is 80.7. The van der Waals surface area contributed by atoms with Crippen molar-refractivity contribution in [2.45, 2.75) is 518 Å². The molecule has 10 unspecified atom stereocenters. The largest absolute Gasteiger partial charge is 0.463 e. The summed E-state index contributed by atoms with van der Waals surface area (Å²) in [6.07, 6.45) is 38.3. The van der Waals surface area contributed by atoms with Gasteiger partial charge in [0.15, 0.2) is 13.4 Å². The fraction of sp³-hybridized carbons (Fsp3) is 0.913. The second-order valence-corrected chi connectivity index (χ2v) is 47.4. The van der Waals surface area contributed by atoms with Crippen molar-refractivity contribution in [1.29, 1.82) is 0 Å². The predicted octanol–water partition coefficient (Wildman–Crippen LogP) is 28.0. The van der Waals surface area contributed by atoms with Crippen molar-refractivity contribution >= 4 is 59.7 Å². The Kier molecular flexibility index (Phi) is 49.4. The number of hydrogen-bond acceptors (Lipinski definition) is 22. The Hall–Kier alpha value is -5.38. The van der Waals surface area contributed by atoms with Gasteiger partial charge in [0.05, 0.1) is 62.6 Å². The maximum Gasteiger partial charge on any atom is 0.347 e. The normalized spacial score (nSPS) is 34.2. The number of esters is 10. The van der Waals surface area contributed by atoms with Crippen LogP contribution in [0, 0.1) is 132 Å². The summed E-state index contributed by atoms with van der Waals surface area (Å²) < 4.78 is 61.6. The van der Waals surface area contributed by atoms with Gasteiger partial charge in [0, 0.05) is 24.7 Å². The summed E-state index contributed by atoms with van der Waals surface area (Å²) in [5.74, 6) is 6.41. The van der Waals surface area contributed by atoms with Crippen LogP contribution in [0.15, 0.2) is 0 Å². The first-order chi connectivity index (χ1) is 58.6. The van der Waals surface area contributed by atoms with Crippen LogP contribution in [-0.2, 0) is 100 Å². The van der Waals surface area contributed by atoms with Gasteiger partial charge in [-0.3, -0.25) is 38.4 Å². The molecule has 0 spiro atoms. The summed E-state index contributed by atoms with van der Waals surface area (Å²) in [6, 6.07) is 0. The van der Waals surface area contributed by atoms with E-state index >= 15 is 0 Å². The third-order valence-corrected chi connectivity index (χ3v) is 35.8. The molecule has 22 nitrogen and oxygen atoms in total. The van der Waals surface area contributed by atoms with Crippen LogP contribution in [0.2, 0.25) is 0 Å². The van der Waals surface area contributed by atoms with Crippen LogP contribution in [0.1, 0.15) is 472 Å². The summed E-state index contributed by atoms with van der Waals surface area (Å²) in [4.78, 5) is 121. The number of fused-ring (bicyclic) bond motifs is 1. The lowest BCUT2D eigenvalue weighted by Gasteiger charge is -2.60. The second-order valence-electron chi connectivity index (χ2n) is 47.4. The van der Waals surface area contributed by atoms with E-state index in [1.165, 1.54) is 96.3 Å². The number of aliphatic hydroxyl groups is 1. The van der Waals surface area contributed by atoms with Crippen molar-refractivity contribution in [3.8, 4) is 0 Å². The molecule has 2 heterocycles. The van der Waals surface area contributed by atoms with Crippen LogP contribution in [0.3, 0.4) is 0 Å². The van der Waals surface area contributed by atoms with Gasteiger partial charge in [0.25, 0.3) is 0 Å². The molecule has 1 N–H and O–H groups in total. The SMILES string of the molecule is C.C.C.C.C.C.C.C.C.C.C.C.CCC(C)(C)C(=O)OC1(CC)C2CC3CC(C2)CC1C3.CCC(C)(C)C(=O)OC12CC3CC(CC(O)(C3)C1)C2.CCC(C)(C)C(=O)OC1C2CC3CC1CC(C(=O)OCOCC14CC5CC(CC(C5)C1)C4)(C3)C2.CCC(C)(C)C(=O)OC1CCOC1=O.CCC(C)(C)C(=O)OCC(=O)OC1C2CC3C(=O)OC1C3C2.CCC1(OC(=O)C(C)(C)CC)CCCCC1. The van der Waals surface area contributed by atoms with Gasteiger partial charge >= 0.3 is 59.7 Å². The Morgan fingerprint density at radius 1 is 0.401 bits per heavy atom. The smallest absolute Gasteiger partial charge is 0.347 e. The number of cyclic esters (lactones) is 1. The van der Waals surface area contributed by atoms with Crippen LogP contribution in [0.25, 0.3) is 0 Å². The van der Waals surface area contributed by atoms with E-state index < -0.39 is 51.3 Å². The molecule has 0 amide bonds. The van der Waals surface area contributed by atoms with Gasteiger partial charge < -0.3 is 57.2 Å². The van der Waals surface area contributed by atoms with E-state index in [9.17, 15) is 53.1 Å². The lowest BCUT2D eigenvalue weighted by Crippen LogP contribution is -2.61. The van der Waals surface area contributed by atoms with E-state index in [0.717, 1.165) is 158 Å². The Labute approximate surface area is 837 Å². The molecular weight excluding hydrogens is 1730 g/mol. The maximum absolute atomic E-state index is 13.3. The molecule has 18 bridgehead atoms. The molecule has 19 saturated carbocycles. The fourth-order valence-corrected chi connectivity index (χ4v) is 26.7. The molecule has 22 heteroatoms. The Bertz CT molecular complexity index is 3740. The summed E-state index contributed by atoms with van der Waals surface area (Å²) in [6.45, 7) is 40.1. The molecular formula is C115H212O22. The summed E-state index contributed by atoms with van der Waals surface area (Å²) in [5.41, 5.74) is -3.89. The van der Waals surface area contributed by atoms with Gasteiger partial charge in [-0.15, -0.1) is 0 Å². The van der Waals surface area contributed by atoms with Gasteiger partial charge in [0.2, 0.25) is 6.10 Å². The number of carbonyl (C=O) groups is 10. The maximum atomic E-state index is 13.3. The number of carbonyl (C=O) groups excluding carboxylic acids is 10. The van der Waals surface area contributed by atoms with E-state index in [-0.39, 0.29) is 213 Å². The molecule has 0 aromatic carbocycles. The second kappa shape index (κ2) is 51.4. The fourth-order valence-electron chi connectivity index (χ4n) is 26.7. The Morgan fingerprint density at radius 2 is 0.832 bits per heavy atom. The van der Waals surface area contributed by atoms with E-state index in [1.807, 2.05) is 90.0 Å². The van der Waals surface area contributed by atoms with Crippen LogP contribution in [-0.4, -0.2) is 138 Å². The van der Waals surface area contributed by atoms with Crippen LogP contribution < -0.4 is 0 Å². The van der Waals surface area contributed by atoms with E-state index in [2.05, 4.69) is 20.8 Å². The molecule has 2 saturated heterocycles. The lowest BCUT2D eigenvalue weighted by atomic mass is 9.48. The average Bonchev–Trinajstić information content (AvgIpc) is 1.71. The number of rotatable bonds is 27. The molecule has 21 rings (SSSR count). The summed E-state index contributed by atoms with van der Waals surface area (Å²) in [7, 11) is 0. The van der Waals surface area contributed by atoms with E-state index in [4.69, 9.17) is 52.1 Å². The van der Waals surface area contributed by atoms with Gasteiger partial charge in [-0.05, 0) is 384 Å². The van der Waals surface area contributed by atoms with Crippen molar-refractivity contribution in [1.82, 2.24) is 0 Å². The molecule has 10 atom stereocenters. The highest BCUT2D eigenvalue weighted by Gasteiger charge is 2.66. The third kappa shape index (κ3) is 29.1. The van der Waals surface area contributed by atoms with Gasteiger partial charge in [-0.25, -0.2) is 9.59 Å². The molecule has 804 valence electrons. The lowest BCUT2D eigenvalue weighted by molar-refractivity contribution is -0.225. The molecule has 137 heavy (non-hydrogen) atoms. The Balaban J connectivity index is 0.00000163. The van der Waals surface area contributed by atoms with Crippen molar-refractivity contribution in [3.05, 3.63) is 0 Å². The highest BCUT2D eigenvalue weighted by Crippen LogP contribution is 2.65. The topological polar surface area (TPSA) is 292 Å². The third-order valence-electron chi connectivity index (χ3n) is 35.8. The van der Waals surface area contributed by atoms with Gasteiger partial charge in [-0.2, -0.15) is 0 Å². The zero-order valence-electron chi connectivity index (χ0n) is 80.7. The first kappa shape index (κ1) is 132. The van der Waals surface area contributed by atoms with Crippen LogP contribution >= 0.6 is 0 Å². The Morgan fingerprint density at radius 3 is 1.28 bits per heavy atom. The molecule has 2 aliphatic heterocycles. The highest BCUT2D eigenvalue weighted by atomic mass is 16.7. The predicted molar refractivity (Wildman–Crippen MR) is 551 cm³/mol. The summed E-state index contributed by atoms with van der Waals surface area (Å²) in [5, 5.41) is 10.6. The standard InChI is InChI=1S/C29H44O5.C18H30O2.C16H22O6.C16H26O3.C14H26O2.C10H16O4.12CH4/c1-4-27(2,3)25(30)34-24-22-8-21-9-23(24)15-29(13-21,14-22)26(31)33-17-32-16-28-10-18-5-19(11-28)7-20(6-18)12-28;1-5-17(3,4)16(19)20-18(6-2)14-8-12-7-13(10-14)11-15(18)9-12;1-4-16(2,3)15(19)20-7-11(17)21-12-8-5-9-10(6-8)14(18)22-13(9)12;1-4-14(2,3)13(17)19-16-8-11-5-12(9-16)7-15(18,6-11)10-16;1-5-13(3,4)12(15)16-14(6-2)10-8-7-9-11-14;1-4-10(2,3)9(12)14-7-5-6-13-8(7)11;;;;;;;;;;;;/h18-24H,4-17H2,1-3H3;12-15H,5-11H2,1-4H3;8-10,12-13H,4-7H2,1-3H3;11-12,18H,4-10H2,1-3H3;5-11H2,1-4H3;7H,4-6H2,1-3H3;12*1H4. The minimum Gasteiger partial charge on any atom is -0.463 e. The zero-order chi connectivity index (χ0) is 91.2. The molecule has 21 aliphatic rings. The molecule has 19 aliphatic carbocycles. The van der Waals surface area contributed by atoms with Crippen molar-refractivity contribution in [2.24, 2.45) is 132 Å². The van der Waals surface area contributed by atoms with Crippen LogP contribution in [0.5, 0.6) is 0 Å². The quantitative estimate of drug-likeness (QED) is 0.0346. The van der Waals surface area contributed by atoms with Crippen LogP contribution in [0.4, 0.5) is 0 Å². The van der Waals surface area contributed by atoms with Crippen molar-refractivity contribution in [2.75, 3.05) is 26.6 Å². The molecule has 0 aromatic rings. The molecule has 0 aromatic heterocycles. The van der Waals surface area contributed by atoms with E-state index in [1.54, 1.807) is 27.7 Å². The van der Waals surface area contributed by atoms with Gasteiger partial charge in [0.1, 0.15) is 35.1 Å². The van der Waals surface area contributed by atoms with E-state index in [0.29, 0.717) is 79.1 Å². The number of ether oxygens (including phenoxy) is 11. The highest BCUT2D eigenvalue weighted by molar-refractivity contribution is 5.84. The van der Waals surface area contributed by atoms with Crippen molar-refractivity contribution < 1.29 is 105 Å². The van der Waals surface area contributed by atoms with Gasteiger partial charge in [-0.1, -0.05) is 151 Å². The molecule has 21 fully saturated rings. The molecule has 0 radical (unpaired) electrons. The minimum atomic E-state index is -0.687. The average molecular weight is 1950 g/mol. The van der Waals surface area contributed by atoms with Crippen molar-refractivity contribution in [3.63, 3.8) is 0 Å². The monoisotopic (exact) mass is 1950 g/mol.